The Morgan fingerprint density at radius 2 is 1.80 bits per heavy atom. The van der Waals surface area contributed by atoms with Crippen LogP contribution in [0.1, 0.15) is 77.8 Å². The summed E-state index contributed by atoms with van der Waals surface area (Å²) in [6, 6.07) is 10.8. The van der Waals surface area contributed by atoms with Crippen LogP contribution >= 0.6 is 11.6 Å². The molecule has 0 atom stereocenters. The smallest absolute Gasteiger partial charge is 0.410 e. The molecule has 4 rings (SSSR count). The van der Waals surface area contributed by atoms with E-state index in [1.165, 1.54) is 11.8 Å². The molecule has 0 spiro atoms. The van der Waals surface area contributed by atoms with Crippen molar-refractivity contribution in [3.63, 3.8) is 0 Å². The van der Waals surface area contributed by atoms with Crippen LogP contribution in [0.15, 0.2) is 47.5 Å². The van der Waals surface area contributed by atoms with Crippen molar-refractivity contribution in [1.29, 1.82) is 0 Å². The number of carbonyl (C=O) groups excluding carboxylic acids is 1. The van der Waals surface area contributed by atoms with Gasteiger partial charge in [-0.3, -0.25) is 0 Å². The molecule has 0 saturated carbocycles. The summed E-state index contributed by atoms with van der Waals surface area (Å²) in [5, 5.41) is 6.61. The third-order valence-electron chi connectivity index (χ3n) is 7.26. The van der Waals surface area contributed by atoms with Gasteiger partial charge in [-0.2, -0.15) is 4.98 Å². The minimum atomic E-state index is -3.49. The number of para-hydroxylation sites is 1. The Morgan fingerprint density at radius 1 is 1.11 bits per heavy atom. The number of aromatic nitrogens is 2. The average molecular weight is 658 g/mol. The van der Waals surface area contributed by atoms with E-state index in [1.54, 1.807) is 29.2 Å². The first-order chi connectivity index (χ1) is 21.2. The van der Waals surface area contributed by atoms with E-state index >= 15 is 0 Å². The van der Waals surface area contributed by atoms with E-state index < -0.39 is 15.4 Å². The fourth-order valence-corrected chi connectivity index (χ4v) is 6.91. The first-order valence-electron chi connectivity index (χ1n) is 15.3. The van der Waals surface area contributed by atoms with Gasteiger partial charge in [0.25, 0.3) is 0 Å². The molecule has 2 aromatic carbocycles. The van der Waals surface area contributed by atoms with Crippen LogP contribution in [-0.2, 0) is 14.6 Å². The number of carbonyl (C=O) groups is 1. The number of hydrogen-bond acceptors (Lipinski definition) is 9. The number of benzene rings is 2. The molecule has 3 aromatic rings. The van der Waals surface area contributed by atoms with Crippen LogP contribution in [0.5, 0.6) is 5.75 Å². The first kappa shape index (κ1) is 34.3. The Labute approximate surface area is 271 Å². The standard InChI is InChI=1S/C33H44ClN5O5S/c1-8-17-45(41,42)29-12-10-9-11-26(29)36-30-25(34)20-35-31(38-30)37-27-18-22(4)24(19-28(27)43-21(2)3)23-13-15-39(16-14-23)32(40)44-33(5,6)7/h9-12,18-21,23H,8,13-17H2,1-7H3,(H2,35,36,37,38). The number of aryl methyl sites for hydroxylation is 1. The van der Waals surface area contributed by atoms with Crippen molar-refractivity contribution in [1.82, 2.24) is 14.9 Å². The fourth-order valence-electron chi connectivity index (χ4n) is 5.28. The SMILES string of the molecule is CCCS(=O)(=O)c1ccccc1Nc1nc(Nc2cc(C)c(C3CCN(C(=O)OC(C)(C)C)CC3)cc2OC(C)C)ncc1Cl. The maximum Gasteiger partial charge on any atom is 0.410 e. The fraction of sp³-hybridized carbons (Fsp3) is 0.485. The quantitative estimate of drug-likeness (QED) is 0.223. The molecule has 0 radical (unpaired) electrons. The van der Waals surface area contributed by atoms with Crippen molar-refractivity contribution in [2.45, 2.75) is 90.2 Å². The second-order valence-electron chi connectivity index (χ2n) is 12.6. The summed E-state index contributed by atoms with van der Waals surface area (Å²) in [7, 11) is -3.49. The zero-order valence-electron chi connectivity index (χ0n) is 27.1. The lowest BCUT2D eigenvalue weighted by Crippen LogP contribution is -2.41. The van der Waals surface area contributed by atoms with Crippen molar-refractivity contribution < 1.29 is 22.7 Å². The lowest BCUT2D eigenvalue weighted by molar-refractivity contribution is 0.0204. The summed E-state index contributed by atoms with van der Waals surface area (Å²) in [5.41, 5.74) is 2.80. The van der Waals surface area contributed by atoms with Gasteiger partial charge in [0.1, 0.15) is 16.4 Å². The highest BCUT2D eigenvalue weighted by Gasteiger charge is 2.29. The van der Waals surface area contributed by atoms with Crippen molar-refractivity contribution in [2.24, 2.45) is 0 Å². The maximum atomic E-state index is 12.9. The molecule has 244 valence electrons. The lowest BCUT2D eigenvalue weighted by atomic mass is 9.86. The van der Waals surface area contributed by atoms with Crippen LogP contribution in [0.3, 0.4) is 0 Å². The molecule has 1 aliphatic rings. The van der Waals surface area contributed by atoms with E-state index in [-0.39, 0.29) is 45.6 Å². The van der Waals surface area contributed by atoms with Gasteiger partial charge in [-0.15, -0.1) is 0 Å². The van der Waals surface area contributed by atoms with Gasteiger partial charge in [-0.25, -0.2) is 18.2 Å². The monoisotopic (exact) mass is 657 g/mol. The number of anilines is 4. The average Bonchev–Trinajstić information content (AvgIpc) is 2.95. The summed E-state index contributed by atoms with van der Waals surface area (Å²) in [5.74, 6) is 1.49. The molecule has 12 heteroatoms. The summed E-state index contributed by atoms with van der Waals surface area (Å²) in [6.07, 6.45) is 3.25. The van der Waals surface area contributed by atoms with Gasteiger partial charge < -0.3 is 25.0 Å². The molecule has 45 heavy (non-hydrogen) atoms. The number of nitrogens with zero attached hydrogens (tertiary/aromatic N) is 3. The third-order valence-corrected chi connectivity index (χ3v) is 9.50. The summed E-state index contributed by atoms with van der Waals surface area (Å²) in [6.45, 7) is 14.7. The minimum absolute atomic E-state index is 0.0346. The van der Waals surface area contributed by atoms with E-state index in [0.717, 1.165) is 18.4 Å². The molecule has 2 N–H and O–H groups in total. The molecule has 0 unspecified atom stereocenters. The van der Waals surface area contributed by atoms with Crippen LogP contribution in [0, 0.1) is 6.92 Å². The van der Waals surface area contributed by atoms with Crippen molar-refractivity contribution in [3.05, 3.63) is 58.7 Å². The Hall–Kier alpha value is -3.57. The molecule has 1 aliphatic heterocycles. The van der Waals surface area contributed by atoms with Crippen LogP contribution in [0.2, 0.25) is 5.02 Å². The van der Waals surface area contributed by atoms with E-state index in [1.807, 2.05) is 47.6 Å². The number of likely N-dealkylation sites (tertiary alicyclic amines) is 1. The number of sulfone groups is 1. The van der Waals surface area contributed by atoms with Gasteiger partial charge in [-0.1, -0.05) is 30.7 Å². The minimum Gasteiger partial charge on any atom is -0.489 e. The van der Waals surface area contributed by atoms with Gasteiger partial charge in [-0.05, 0) is 102 Å². The van der Waals surface area contributed by atoms with Gasteiger partial charge in [0.05, 0.1) is 34.3 Å². The van der Waals surface area contributed by atoms with Crippen molar-refractivity contribution in [2.75, 3.05) is 29.5 Å². The van der Waals surface area contributed by atoms with Crippen molar-refractivity contribution in [3.8, 4) is 5.75 Å². The van der Waals surface area contributed by atoms with Crippen LogP contribution in [0.4, 0.5) is 27.9 Å². The topological polar surface area (TPSA) is 123 Å². The number of rotatable bonds is 10. The highest BCUT2D eigenvalue weighted by atomic mass is 35.5. The summed E-state index contributed by atoms with van der Waals surface area (Å²) < 4.78 is 37.5. The first-order valence-corrected chi connectivity index (χ1v) is 17.4. The van der Waals surface area contributed by atoms with Gasteiger partial charge >= 0.3 is 6.09 Å². The van der Waals surface area contributed by atoms with Crippen LogP contribution in [-0.4, -0.2) is 59.9 Å². The van der Waals surface area contributed by atoms with Crippen LogP contribution < -0.4 is 15.4 Å². The highest BCUT2D eigenvalue weighted by Crippen LogP contribution is 2.38. The molecule has 10 nitrogen and oxygen atoms in total. The predicted octanol–water partition coefficient (Wildman–Crippen LogP) is 8.01. The molecule has 0 bridgehead atoms. The number of nitrogens with one attached hydrogen (secondary N) is 2. The van der Waals surface area contributed by atoms with Gasteiger partial charge in [0.2, 0.25) is 5.95 Å². The molecular weight excluding hydrogens is 614 g/mol. The highest BCUT2D eigenvalue weighted by molar-refractivity contribution is 7.91. The Morgan fingerprint density at radius 3 is 2.44 bits per heavy atom. The Kier molecular flexibility index (Phi) is 10.9. The number of amides is 1. The summed E-state index contributed by atoms with van der Waals surface area (Å²) >= 11 is 6.45. The molecule has 2 heterocycles. The zero-order chi connectivity index (χ0) is 32.9. The number of halogens is 1. The molecular formula is C33H44ClN5O5S. The number of hydrogen-bond donors (Lipinski definition) is 2. The van der Waals surface area contributed by atoms with Crippen LogP contribution in [0.25, 0.3) is 0 Å². The van der Waals surface area contributed by atoms with E-state index in [2.05, 4.69) is 33.6 Å². The lowest BCUT2D eigenvalue weighted by Gasteiger charge is -2.34. The molecule has 1 amide bonds. The molecule has 0 aliphatic carbocycles. The van der Waals surface area contributed by atoms with E-state index in [0.29, 0.717) is 36.6 Å². The molecule has 1 fully saturated rings. The van der Waals surface area contributed by atoms with Gasteiger partial charge in [0.15, 0.2) is 15.7 Å². The Balaban J connectivity index is 1.57. The number of piperidine rings is 1. The number of ether oxygens (including phenoxy) is 2. The maximum absolute atomic E-state index is 12.9. The normalized spacial score (nSPS) is 14.4. The summed E-state index contributed by atoms with van der Waals surface area (Å²) in [4.78, 5) is 23.5. The molecule has 1 aromatic heterocycles. The Bertz CT molecular complexity index is 1620. The second-order valence-corrected chi connectivity index (χ2v) is 15.1. The predicted molar refractivity (Wildman–Crippen MR) is 179 cm³/mol. The van der Waals surface area contributed by atoms with Crippen molar-refractivity contribution >= 4 is 50.7 Å². The second kappa shape index (κ2) is 14.2. The molecule has 1 saturated heterocycles. The zero-order valence-corrected chi connectivity index (χ0v) is 28.7. The largest absolute Gasteiger partial charge is 0.489 e. The third kappa shape index (κ3) is 9.00. The van der Waals surface area contributed by atoms with E-state index in [9.17, 15) is 13.2 Å². The van der Waals surface area contributed by atoms with E-state index in [4.69, 9.17) is 21.1 Å². The van der Waals surface area contributed by atoms with Gasteiger partial charge in [0, 0.05) is 13.1 Å².